The van der Waals surface area contributed by atoms with Gasteiger partial charge in [0.25, 0.3) is 0 Å². The molecule has 1 aliphatic rings. The first-order chi connectivity index (χ1) is 8.45. The number of aromatic nitrogens is 8. The van der Waals surface area contributed by atoms with Crippen molar-refractivity contribution in [2.24, 2.45) is 0 Å². The topological polar surface area (TPSA) is 99.7 Å². The van der Waals surface area contributed by atoms with Crippen LogP contribution in [0.15, 0.2) is 12.7 Å². The van der Waals surface area contributed by atoms with Crippen molar-refractivity contribution in [1.29, 1.82) is 0 Å². The molecule has 2 aromatic rings. The summed E-state index contributed by atoms with van der Waals surface area (Å²) in [6.07, 6.45) is 3.14. The maximum atomic E-state index is 5.33. The van der Waals surface area contributed by atoms with E-state index in [1.54, 1.807) is 21.6 Å². The van der Waals surface area contributed by atoms with E-state index in [0.717, 1.165) is 13.1 Å². The highest BCUT2D eigenvalue weighted by molar-refractivity contribution is 7.51. The first-order valence-electron chi connectivity index (χ1n) is 5.04. The summed E-state index contributed by atoms with van der Waals surface area (Å²) in [6.45, 7) is 3.02. The zero-order valence-corrected chi connectivity index (χ0v) is 9.76. The molecule has 90 valence electrons. The molecule has 2 aromatic heterocycles. The summed E-state index contributed by atoms with van der Waals surface area (Å²) in [7, 11) is -0.981. The van der Waals surface area contributed by atoms with Crippen LogP contribution in [0.2, 0.25) is 0 Å². The van der Waals surface area contributed by atoms with Crippen LogP contribution in [-0.2, 0) is 4.74 Å². The molecule has 1 saturated heterocycles. The number of nitrogens with zero attached hydrogens (tertiary/aromatic N) is 9. The largest absolute Gasteiger partial charge is 0.379 e. The number of rotatable bonds is 3. The van der Waals surface area contributed by atoms with Crippen molar-refractivity contribution in [3.8, 4) is 0 Å². The first-order valence-corrected chi connectivity index (χ1v) is 6.24. The Morgan fingerprint density at radius 3 is 2.00 bits per heavy atom. The quantitative estimate of drug-likeness (QED) is 0.618. The van der Waals surface area contributed by atoms with Crippen molar-refractivity contribution >= 4 is 8.37 Å². The molecule has 0 aliphatic carbocycles. The fourth-order valence-corrected chi connectivity index (χ4v) is 3.28. The van der Waals surface area contributed by atoms with Gasteiger partial charge in [0, 0.05) is 13.1 Å². The van der Waals surface area contributed by atoms with Crippen molar-refractivity contribution in [3.05, 3.63) is 12.7 Å². The Morgan fingerprint density at radius 1 is 0.941 bits per heavy atom. The Bertz CT molecular complexity index is 404. The fourth-order valence-electron chi connectivity index (χ4n) is 1.56. The second-order valence-corrected chi connectivity index (χ2v) is 5.22. The summed E-state index contributed by atoms with van der Waals surface area (Å²) < 4.78 is 10.9. The van der Waals surface area contributed by atoms with Gasteiger partial charge in [-0.1, -0.05) is 0 Å². The lowest BCUT2D eigenvalue weighted by Crippen LogP contribution is -2.35. The van der Waals surface area contributed by atoms with E-state index in [4.69, 9.17) is 4.74 Å². The standard InChI is InChI=1S/C6H10N9OP/c1-3-16-4-2-13(1)17(14-5-7-9-11-14)15-6-8-10-12-15/h5-6H,1-4H2. The molecule has 0 atom stereocenters. The molecule has 0 aromatic carbocycles. The molecule has 11 heteroatoms. The molecule has 0 bridgehead atoms. The summed E-state index contributed by atoms with van der Waals surface area (Å²) >= 11 is 0. The molecule has 0 unspecified atom stereocenters. The molecule has 1 fully saturated rings. The van der Waals surface area contributed by atoms with Crippen molar-refractivity contribution < 1.29 is 4.74 Å². The molecule has 0 radical (unpaired) electrons. The summed E-state index contributed by atoms with van der Waals surface area (Å²) in [5.74, 6) is 0. The molecule has 1 aliphatic heterocycles. The van der Waals surface area contributed by atoms with Crippen LogP contribution in [0.4, 0.5) is 0 Å². The molecular formula is C6H10N9OP. The van der Waals surface area contributed by atoms with Crippen LogP contribution in [0.5, 0.6) is 0 Å². The lowest BCUT2D eigenvalue weighted by atomic mass is 10.5. The normalized spacial score (nSPS) is 17.7. The van der Waals surface area contributed by atoms with E-state index in [0.29, 0.717) is 13.2 Å². The Morgan fingerprint density at radius 2 is 1.53 bits per heavy atom. The Balaban J connectivity index is 1.91. The van der Waals surface area contributed by atoms with E-state index >= 15 is 0 Å². The van der Waals surface area contributed by atoms with Gasteiger partial charge in [-0.05, 0) is 20.9 Å². The maximum Gasteiger partial charge on any atom is 0.227 e. The molecule has 17 heavy (non-hydrogen) atoms. The molecule has 0 N–H and O–H groups in total. The van der Waals surface area contributed by atoms with Gasteiger partial charge in [0.2, 0.25) is 8.37 Å². The van der Waals surface area contributed by atoms with Gasteiger partial charge >= 0.3 is 0 Å². The third kappa shape index (κ3) is 2.14. The SMILES string of the molecule is c1nnnn1P(N1CCOCC1)n1cnnn1. The second kappa shape index (κ2) is 4.78. The van der Waals surface area contributed by atoms with E-state index in [9.17, 15) is 0 Å². The summed E-state index contributed by atoms with van der Waals surface area (Å²) in [5.41, 5.74) is 0. The summed E-state index contributed by atoms with van der Waals surface area (Å²) in [5, 5.41) is 22.5. The van der Waals surface area contributed by atoms with E-state index in [-0.39, 0.29) is 0 Å². The van der Waals surface area contributed by atoms with Crippen LogP contribution < -0.4 is 0 Å². The molecule has 0 amide bonds. The molecule has 0 saturated carbocycles. The minimum Gasteiger partial charge on any atom is -0.379 e. The van der Waals surface area contributed by atoms with Crippen LogP contribution in [0.25, 0.3) is 0 Å². The fraction of sp³-hybridized carbons (Fsp3) is 0.667. The minimum atomic E-state index is -0.981. The minimum absolute atomic E-state index is 0.698. The lowest BCUT2D eigenvalue weighted by Gasteiger charge is -2.31. The number of hydrogen-bond donors (Lipinski definition) is 0. The van der Waals surface area contributed by atoms with Gasteiger partial charge in [-0.2, -0.15) is 8.90 Å². The smallest absolute Gasteiger partial charge is 0.227 e. The van der Waals surface area contributed by atoms with Crippen molar-refractivity contribution in [2.45, 2.75) is 0 Å². The number of tetrazole rings is 2. The molecule has 10 nitrogen and oxygen atoms in total. The molecular weight excluding hydrogens is 245 g/mol. The van der Waals surface area contributed by atoms with Gasteiger partial charge in [0.1, 0.15) is 12.7 Å². The molecule has 0 spiro atoms. The van der Waals surface area contributed by atoms with Crippen LogP contribution in [0.1, 0.15) is 0 Å². The van der Waals surface area contributed by atoms with Gasteiger partial charge in [0.05, 0.1) is 13.2 Å². The van der Waals surface area contributed by atoms with Crippen molar-refractivity contribution in [2.75, 3.05) is 26.3 Å². The third-order valence-electron chi connectivity index (χ3n) is 2.28. The number of ether oxygens (including phenoxy) is 1. The van der Waals surface area contributed by atoms with Crippen LogP contribution in [-0.4, -0.2) is 70.9 Å². The van der Waals surface area contributed by atoms with Gasteiger partial charge < -0.3 is 4.74 Å². The van der Waals surface area contributed by atoms with Gasteiger partial charge in [-0.15, -0.1) is 10.2 Å². The zero-order chi connectivity index (χ0) is 11.5. The zero-order valence-electron chi connectivity index (χ0n) is 8.86. The average molecular weight is 255 g/mol. The Hall–Kier alpha value is -1.51. The molecule has 3 rings (SSSR count). The van der Waals surface area contributed by atoms with E-state index in [1.807, 2.05) is 0 Å². The Labute approximate surface area is 97.5 Å². The summed E-state index contributed by atoms with van der Waals surface area (Å²) in [6, 6.07) is 0. The summed E-state index contributed by atoms with van der Waals surface area (Å²) in [4.78, 5) is 0. The van der Waals surface area contributed by atoms with Gasteiger partial charge in [-0.25, -0.2) is 4.67 Å². The number of morpholine rings is 1. The van der Waals surface area contributed by atoms with Crippen LogP contribution in [0, 0.1) is 0 Å². The Kier molecular flexibility index (Phi) is 2.99. The van der Waals surface area contributed by atoms with E-state index in [1.165, 1.54) is 0 Å². The van der Waals surface area contributed by atoms with E-state index < -0.39 is 8.37 Å². The maximum absolute atomic E-state index is 5.33. The first kappa shape index (κ1) is 10.6. The molecule has 3 heterocycles. The number of hydrogen-bond acceptors (Lipinski definition) is 8. The van der Waals surface area contributed by atoms with Crippen LogP contribution in [0.3, 0.4) is 0 Å². The van der Waals surface area contributed by atoms with Crippen molar-refractivity contribution in [3.63, 3.8) is 0 Å². The predicted molar refractivity (Wildman–Crippen MR) is 55.7 cm³/mol. The third-order valence-corrected chi connectivity index (χ3v) is 4.29. The van der Waals surface area contributed by atoms with Gasteiger partial charge in [0.15, 0.2) is 0 Å². The van der Waals surface area contributed by atoms with Crippen molar-refractivity contribution in [1.82, 2.24) is 44.6 Å². The lowest BCUT2D eigenvalue weighted by molar-refractivity contribution is 0.0736. The van der Waals surface area contributed by atoms with Gasteiger partial charge in [-0.3, -0.25) is 0 Å². The highest BCUT2D eigenvalue weighted by atomic mass is 31.1. The van der Waals surface area contributed by atoms with E-state index in [2.05, 4.69) is 35.7 Å². The highest BCUT2D eigenvalue weighted by Crippen LogP contribution is 2.40. The van der Waals surface area contributed by atoms with Crippen LogP contribution >= 0.6 is 8.37 Å². The highest BCUT2D eigenvalue weighted by Gasteiger charge is 2.27. The second-order valence-electron chi connectivity index (χ2n) is 3.29. The predicted octanol–water partition coefficient (Wildman–Crippen LogP) is -1.38. The average Bonchev–Trinajstić information content (AvgIpc) is 3.04. The monoisotopic (exact) mass is 255 g/mol.